The number of nitrogens with zero attached hydrogens (tertiary/aromatic N) is 1. The lowest BCUT2D eigenvalue weighted by Crippen LogP contribution is -2.33. The average Bonchev–Trinajstić information content (AvgIpc) is 3.09. The number of amides is 1. The van der Waals surface area contributed by atoms with Crippen LogP contribution in [0, 0.1) is 5.92 Å². The van der Waals surface area contributed by atoms with Crippen LogP contribution in [0.3, 0.4) is 0 Å². The highest BCUT2D eigenvalue weighted by Crippen LogP contribution is 2.32. The molecule has 1 heterocycles. The second kappa shape index (κ2) is 4.93. The topological polar surface area (TPSA) is 62.2 Å². The maximum absolute atomic E-state index is 11.6. The van der Waals surface area contributed by atoms with Crippen molar-refractivity contribution in [2.75, 3.05) is 6.54 Å². The SMILES string of the molecule is O=C(NCC(O)C1CC1)c1cccc(Br)n1. The van der Waals surface area contributed by atoms with Crippen LogP contribution in [0.25, 0.3) is 0 Å². The molecule has 1 unspecified atom stereocenters. The Morgan fingerprint density at radius 1 is 1.62 bits per heavy atom. The van der Waals surface area contributed by atoms with Gasteiger partial charge in [-0.3, -0.25) is 4.79 Å². The fourth-order valence-corrected chi connectivity index (χ4v) is 1.81. The number of rotatable bonds is 4. The van der Waals surface area contributed by atoms with Gasteiger partial charge in [0.05, 0.1) is 6.10 Å². The van der Waals surface area contributed by atoms with Crippen LogP contribution >= 0.6 is 15.9 Å². The van der Waals surface area contributed by atoms with Gasteiger partial charge in [0.1, 0.15) is 10.3 Å². The Balaban J connectivity index is 1.87. The summed E-state index contributed by atoms with van der Waals surface area (Å²) in [6.45, 7) is 0.303. The van der Waals surface area contributed by atoms with Gasteiger partial charge in [0, 0.05) is 6.54 Å². The van der Waals surface area contributed by atoms with E-state index >= 15 is 0 Å². The zero-order valence-corrected chi connectivity index (χ0v) is 10.3. The molecule has 1 aromatic rings. The van der Waals surface area contributed by atoms with Crippen LogP contribution in [0.1, 0.15) is 23.3 Å². The van der Waals surface area contributed by atoms with Gasteiger partial charge in [-0.05, 0) is 46.8 Å². The van der Waals surface area contributed by atoms with Crippen molar-refractivity contribution in [2.24, 2.45) is 5.92 Å². The van der Waals surface area contributed by atoms with E-state index in [1.807, 2.05) is 0 Å². The number of aromatic nitrogens is 1. The lowest BCUT2D eigenvalue weighted by atomic mass is 10.2. The minimum Gasteiger partial charge on any atom is -0.391 e. The van der Waals surface area contributed by atoms with Crippen molar-refractivity contribution in [2.45, 2.75) is 18.9 Å². The van der Waals surface area contributed by atoms with E-state index < -0.39 is 6.10 Å². The van der Waals surface area contributed by atoms with E-state index in [-0.39, 0.29) is 5.91 Å². The van der Waals surface area contributed by atoms with Gasteiger partial charge in [-0.25, -0.2) is 4.98 Å². The van der Waals surface area contributed by atoms with Crippen molar-refractivity contribution in [3.05, 3.63) is 28.5 Å². The molecule has 2 rings (SSSR count). The molecule has 0 saturated heterocycles. The predicted octanol–water partition coefficient (Wildman–Crippen LogP) is 1.34. The monoisotopic (exact) mass is 284 g/mol. The third-order valence-corrected chi connectivity index (χ3v) is 3.03. The molecule has 0 aromatic carbocycles. The van der Waals surface area contributed by atoms with Crippen molar-refractivity contribution in [1.29, 1.82) is 0 Å². The Kier molecular flexibility index (Phi) is 3.56. The number of halogens is 1. The molecule has 0 aliphatic heterocycles. The third-order valence-electron chi connectivity index (χ3n) is 2.59. The Morgan fingerprint density at radius 3 is 3.00 bits per heavy atom. The number of hydrogen-bond acceptors (Lipinski definition) is 3. The predicted molar refractivity (Wildman–Crippen MR) is 63.0 cm³/mol. The first-order chi connectivity index (χ1) is 7.66. The summed E-state index contributed by atoms with van der Waals surface area (Å²) in [5, 5.41) is 12.3. The van der Waals surface area contributed by atoms with Crippen LogP contribution in [0.5, 0.6) is 0 Å². The minimum absolute atomic E-state index is 0.249. The molecule has 0 bridgehead atoms. The van der Waals surface area contributed by atoms with E-state index in [0.717, 1.165) is 12.8 Å². The largest absolute Gasteiger partial charge is 0.391 e. The summed E-state index contributed by atoms with van der Waals surface area (Å²) in [5.41, 5.74) is 0.359. The van der Waals surface area contributed by atoms with Crippen molar-refractivity contribution in [1.82, 2.24) is 10.3 Å². The normalized spacial score (nSPS) is 16.9. The third kappa shape index (κ3) is 3.02. The van der Waals surface area contributed by atoms with Crippen molar-refractivity contribution in [3.8, 4) is 0 Å². The maximum Gasteiger partial charge on any atom is 0.270 e. The first kappa shape index (κ1) is 11.5. The Morgan fingerprint density at radius 2 is 2.38 bits per heavy atom. The van der Waals surface area contributed by atoms with E-state index in [1.165, 1.54) is 0 Å². The first-order valence-corrected chi connectivity index (χ1v) is 6.05. The van der Waals surface area contributed by atoms with Gasteiger partial charge in [-0.1, -0.05) is 6.07 Å². The smallest absolute Gasteiger partial charge is 0.270 e. The van der Waals surface area contributed by atoms with E-state index in [2.05, 4.69) is 26.2 Å². The Bertz CT molecular complexity index is 393. The van der Waals surface area contributed by atoms with Crippen LogP contribution in [0.4, 0.5) is 0 Å². The molecule has 1 aliphatic carbocycles. The number of pyridine rings is 1. The number of carbonyl (C=O) groups is 1. The Hall–Kier alpha value is -0.940. The summed E-state index contributed by atoms with van der Waals surface area (Å²) >= 11 is 3.20. The summed E-state index contributed by atoms with van der Waals surface area (Å²) in [6, 6.07) is 5.16. The fraction of sp³-hybridized carbons (Fsp3) is 0.455. The first-order valence-electron chi connectivity index (χ1n) is 5.25. The number of nitrogens with one attached hydrogen (secondary N) is 1. The number of carbonyl (C=O) groups excluding carboxylic acids is 1. The Labute approximate surface area is 102 Å². The molecule has 4 nitrogen and oxygen atoms in total. The fourth-order valence-electron chi connectivity index (χ4n) is 1.47. The summed E-state index contributed by atoms with van der Waals surface area (Å²) < 4.78 is 0.628. The second-order valence-electron chi connectivity index (χ2n) is 3.96. The molecule has 1 aromatic heterocycles. The molecule has 0 radical (unpaired) electrons. The summed E-state index contributed by atoms with van der Waals surface area (Å²) in [6.07, 6.45) is 1.70. The molecule has 0 spiro atoms. The molecule has 16 heavy (non-hydrogen) atoms. The van der Waals surface area contributed by atoms with Gasteiger partial charge in [-0.15, -0.1) is 0 Å². The van der Waals surface area contributed by atoms with E-state index in [0.29, 0.717) is 22.8 Å². The van der Waals surface area contributed by atoms with Gasteiger partial charge in [0.25, 0.3) is 5.91 Å². The zero-order valence-electron chi connectivity index (χ0n) is 8.69. The average molecular weight is 285 g/mol. The van der Waals surface area contributed by atoms with Crippen LogP contribution in [-0.2, 0) is 0 Å². The molecule has 1 atom stereocenters. The van der Waals surface area contributed by atoms with Crippen molar-refractivity contribution < 1.29 is 9.90 Å². The summed E-state index contributed by atoms with van der Waals surface area (Å²) in [7, 11) is 0. The molecule has 1 saturated carbocycles. The highest BCUT2D eigenvalue weighted by Gasteiger charge is 2.29. The van der Waals surface area contributed by atoms with E-state index in [1.54, 1.807) is 18.2 Å². The highest BCUT2D eigenvalue weighted by atomic mass is 79.9. The van der Waals surface area contributed by atoms with Crippen LogP contribution < -0.4 is 5.32 Å². The number of hydrogen-bond donors (Lipinski definition) is 2. The van der Waals surface area contributed by atoms with Crippen LogP contribution in [0.15, 0.2) is 22.8 Å². The minimum atomic E-state index is -0.420. The number of aliphatic hydroxyl groups is 1. The van der Waals surface area contributed by atoms with Gasteiger partial charge in [0.15, 0.2) is 0 Å². The zero-order chi connectivity index (χ0) is 11.5. The van der Waals surface area contributed by atoms with Gasteiger partial charge >= 0.3 is 0 Å². The van der Waals surface area contributed by atoms with E-state index in [9.17, 15) is 9.90 Å². The van der Waals surface area contributed by atoms with E-state index in [4.69, 9.17) is 0 Å². The van der Waals surface area contributed by atoms with Crippen LogP contribution in [0.2, 0.25) is 0 Å². The maximum atomic E-state index is 11.6. The summed E-state index contributed by atoms with van der Waals surface area (Å²) in [5.74, 6) is 0.122. The standard InChI is InChI=1S/C11H13BrN2O2/c12-10-3-1-2-8(14-10)11(16)13-6-9(15)7-4-5-7/h1-3,7,9,15H,4-6H2,(H,13,16). The van der Waals surface area contributed by atoms with Gasteiger partial charge < -0.3 is 10.4 Å². The molecule has 5 heteroatoms. The molecule has 1 fully saturated rings. The van der Waals surface area contributed by atoms with Crippen molar-refractivity contribution in [3.63, 3.8) is 0 Å². The molecule has 1 aliphatic rings. The molecule has 2 N–H and O–H groups in total. The van der Waals surface area contributed by atoms with Gasteiger partial charge in [-0.2, -0.15) is 0 Å². The van der Waals surface area contributed by atoms with Gasteiger partial charge in [0.2, 0.25) is 0 Å². The lowest BCUT2D eigenvalue weighted by molar-refractivity contribution is 0.0896. The van der Waals surface area contributed by atoms with Crippen LogP contribution in [-0.4, -0.2) is 28.6 Å². The molecule has 1 amide bonds. The molecular weight excluding hydrogens is 272 g/mol. The van der Waals surface area contributed by atoms with Crippen molar-refractivity contribution >= 4 is 21.8 Å². The molecular formula is C11H13BrN2O2. The molecule has 86 valence electrons. The highest BCUT2D eigenvalue weighted by molar-refractivity contribution is 9.10. The lowest BCUT2D eigenvalue weighted by Gasteiger charge is -2.10. The summed E-state index contributed by atoms with van der Waals surface area (Å²) in [4.78, 5) is 15.7. The quantitative estimate of drug-likeness (QED) is 0.821. The second-order valence-corrected chi connectivity index (χ2v) is 4.77. The number of aliphatic hydroxyl groups excluding tert-OH is 1.